The molecule has 69 valence electrons. The number of rotatable bonds is 3. The van der Waals surface area contributed by atoms with Crippen LogP contribution in [0.15, 0.2) is 18.2 Å². The van der Waals surface area contributed by atoms with Crippen molar-refractivity contribution in [3.05, 3.63) is 23.8 Å². The molecule has 0 bridgehead atoms. The summed E-state index contributed by atoms with van der Waals surface area (Å²) in [6.45, 7) is 2.06. The van der Waals surface area contributed by atoms with Crippen LogP contribution in [0, 0.1) is 0 Å². The molecular weight excluding hydrogens is 172 g/mol. The minimum absolute atomic E-state index is 0.127. The van der Waals surface area contributed by atoms with Gasteiger partial charge in [-0.2, -0.15) is 0 Å². The van der Waals surface area contributed by atoms with E-state index in [4.69, 9.17) is 9.84 Å². The van der Waals surface area contributed by atoms with Crippen LogP contribution >= 0.6 is 0 Å². The zero-order chi connectivity index (χ0) is 9.84. The van der Waals surface area contributed by atoms with Gasteiger partial charge < -0.3 is 9.84 Å². The predicted molar refractivity (Wildman–Crippen MR) is 44.7 cm³/mol. The molecule has 1 rings (SSSR count). The van der Waals surface area contributed by atoms with Crippen molar-refractivity contribution in [3.8, 4) is 11.5 Å². The molecule has 0 aliphatic heterocycles. The summed E-state index contributed by atoms with van der Waals surface area (Å²) in [5.41, 5.74) is -0.302. The van der Waals surface area contributed by atoms with Gasteiger partial charge in [-0.25, -0.2) is 4.79 Å². The minimum Gasteiger partial charge on any atom is -0.493 e. The Kier molecular flexibility index (Phi) is 2.74. The van der Waals surface area contributed by atoms with Crippen LogP contribution in [0.25, 0.3) is 0 Å². The van der Waals surface area contributed by atoms with E-state index in [0.29, 0.717) is 6.61 Å². The highest BCUT2D eigenvalue weighted by molar-refractivity contribution is 5.93. The van der Waals surface area contributed by atoms with Gasteiger partial charge in [0, 0.05) is 0 Å². The summed E-state index contributed by atoms with van der Waals surface area (Å²) in [6.07, 6.45) is 0. The second-order valence-electron chi connectivity index (χ2n) is 2.37. The van der Waals surface area contributed by atoms with E-state index in [1.54, 1.807) is 6.92 Å². The average Bonchev–Trinajstić information content (AvgIpc) is 2.04. The predicted octanol–water partition coefficient (Wildman–Crippen LogP) is 1.93. The number of aromatic carboxylic acids is 1. The third kappa shape index (κ3) is 1.90. The fourth-order valence-corrected chi connectivity index (χ4v) is 0.998. The van der Waals surface area contributed by atoms with E-state index < -0.39 is 11.7 Å². The second kappa shape index (κ2) is 3.80. The van der Waals surface area contributed by atoms with E-state index in [-0.39, 0.29) is 11.3 Å². The normalized spacial score (nSPS) is 9.62. The molecule has 13 heavy (non-hydrogen) atoms. The first-order chi connectivity index (χ1) is 6.16. The van der Waals surface area contributed by atoms with Crippen molar-refractivity contribution in [2.45, 2.75) is 6.92 Å². The number of hydrogen-bond acceptors (Lipinski definition) is 2. The highest BCUT2D eigenvalue weighted by Crippen LogP contribution is 2.27. The van der Waals surface area contributed by atoms with E-state index in [2.05, 4.69) is 0 Å². The molecule has 4 nitrogen and oxygen atoms in total. The summed E-state index contributed by atoms with van der Waals surface area (Å²) in [5, 5.41) is 19.8. The monoisotopic (exact) mass is 181 g/mol. The Morgan fingerprint density at radius 3 is 2.77 bits per heavy atom. The van der Waals surface area contributed by atoms with Gasteiger partial charge in [-0.15, -0.1) is 0 Å². The first kappa shape index (κ1) is 9.38. The number of carboxylic acid groups (broad SMARTS) is 1. The number of hydrogen-bond donors (Lipinski definition) is 1. The van der Waals surface area contributed by atoms with Crippen LogP contribution in [0.5, 0.6) is 11.5 Å². The maximum atomic E-state index is 11.1. The molecule has 1 aromatic rings. The lowest BCUT2D eigenvalue weighted by molar-refractivity contribution is 0.0687. The SMILES string of the molecule is CCOc1cccc([O])c1C(=O)O. The molecule has 0 amide bonds. The van der Waals surface area contributed by atoms with Crippen molar-refractivity contribution in [1.82, 2.24) is 0 Å². The Labute approximate surface area is 75.4 Å². The second-order valence-corrected chi connectivity index (χ2v) is 2.37. The summed E-state index contributed by atoms with van der Waals surface area (Å²) in [7, 11) is 0. The molecule has 0 aliphatic carbocycles. The van der Waals surface area contributed by atoms with Crippen molar-refractivity contribution in [2.24, 2.45) is 0 Å². The standard InChI is InChI=1S/C9H9O4/c1-2-13-7-5-3-4-6(10)8(7)9(11)12/h3-5H,2H2,1H3,(H,11,12). The highest BCUT2D eigenvalue weighted by atomic mass is 16.5. The molecule has 0 saturated carbocycles. The number of benzene rings is 1. The van der Waals surface area contributed by atoms with E-state index in [9.17, 15) is 9.90 Å². The average molecular weight is 181 g/mol. The van der Waals surface area contributed by atoms with Crippen LogP contribution in [0.2, 0.25) is 0 Å². The molecule has 1 radical (unpaired) electrons. The van der Waals surface area contributed by atoms with Crippen LogP contribution in [0.3, 0.4) is 0 Å². The zero-order valence-electron chi connectivity index (χ0n) is 7.11. The van der Waals surface area contributed by atoms with Crippen LogP contribution in [0.1, 0.15) is 17.3 Å². The van der Waals surface area contributed by atoms with Crippen molar-refractivity contribution >= 4 is 5.97 Å². The van der Waals surface area contributed by atoms with E-state index in [1.807, 2.05) is 0 Å². The van der Waals surface area contributed by atoms with Gasteiger partial charge in [0.05, 0.1) is 6.61 Å². The first-order valence-corrected chi connectivity index (χ1v) is 3.83. The van der Waals surface area contributed by atoms with Gasteiger partial charge in [-0.3, -0.25) is 5.11 Å². The fourth-order valence-electron chi connectivity index (χ4n) is 0.998. The lowest BCUT2D eigenvalue weighted by Gasteiger charge is -2.06. The topological polar surface area (TPSA) is 66.4 Å². The molecule has 0 fully saturated rings. The molecule has 1 N–H and O–H groups in total. The van der Waals surface area contributed by atoms with Crippen molar-refractivity contribution in [3.63, 3.8) is 0 Å². The Balaban J connectivity index is 3.17. The summed E-state index contributed by atoms with van der Waals surface area (Å²) < 4.78 is 5.00. The zero-order valence-corrected chi connectivity index (χ0v) is 7.11. The van der Waals surface area contributed by atoms with Gasteiger partial charge in [-0.1, -0.05) is 6.07 Å². The lowest BCUT2D eigenvalue weighted by atomic mass is 10.2. The van der Waals surface area contributed by atoms with Crippen molar-refractivity contribution in [2.75, 3.05) is 6.61 Å². The highest BCUT2D eigenvalue weighted by Gasteiger charge is 2.16. The Hall–Kier alpha value is -1.71. The summed E-state index contributed by atoms with van der Waals surface area (Å²) >= 11 is 0. The number of ether oxygens (including phenoxy) is 1. The number of carboxylic acids is 1. The molecule has 1 aromatic carbocycles. The lowest BCUT2D eigenvalue weighted by Crippen LogP contribution is -2.02. The summed E-state index contributed by atoms with van der Waals surface area (Å²) in [6, 6.07) is 4.14. The molecule has 0 aromatic heterocycles. The fraction of sp³-hybridized carbons (Fsp3) is 0.222. The van der Waals surface area contributed by atoms with E-state index in [1.165, 1.54) is 18.2 Å². The molecule has 0 spiro atoms. The maximum Gasteiger partial charge on any atom is 0.343 e. The van der Waals surface area contributed by atoms with Gasteiger partial charge in [0.25, 0.3) is 0 Å². The summed E-state index contributed by atoms with van der Waals surface area (Å²) in [4.78, 5) is 10.6. The van der Waals surface area contributed by atoms with Crippen LogP contribution < -0.4 is 4.74 Å². The quantitative estimate of drug-likeness (QED) is 0.774. The maximum absolute atomic E-state index is 11.1. The largest absolute Gasteiger partial charge is 0.493 e. The Bertz CT molecular complexity index is 319. The van der Waals surface area contributed by atoms with Crippen LogP contribution in [0.4, 0.5) is 0 Å². The molecule has 0 aliphatic rings. The van der Waals surface area contributed by atoms with Gasteiger partial charge in [0.2, 0.25) is 0 Å². The smallest absolute Gasteiger partial charge is 0.343 e. The van der Waals surface area contributed by atoms with Crippen LogP contribution in [-0.2, 0) is 5.11 Å². The van der Waals surface area contributed by atoms with Gasteiger partial charge in [0.15, 0.2) is 5.75 Å². The van der Waals surface area contributed by atoms with E-state index >= 15 is 0 Å². The first-order valence-electron chi connectivity index (χ1n) is 3.83. The molecule has 0 heterocycles. The molecular formula is C9H9O4. The van der Waals surface area contributed by atoms with Crippen molar-refractivity contribution < 1.29 is 19.7 Å². The third-order valence-electron chi connectivity index (χ3n) is 1.50. The van der Waals surface area contributed by atoms with Gasteiger partial charge >= 0.3 is 5.97 Å². The Morgan fingerprint density at radius 2 is 2.23 bits per heavy atom. The van der Waals surface area contributed by atoms with E-state index in [0.717, 1.165) is 0 Å². The van der Waals surface area contributed by atoms with Gasteiger partial charge in [-0.05, 0) is 19.1 Å². The van der Waals surface area contributed by atoms with Crippen molar-refractivity contribution in [1.29, 1.82) is 0 Å². The molecule has 0 unspecified atom stereocenters. The van der Waals surface area contributed by atoms with Crippen LogP contribution in [-0.4, -0.2) is 17.7 Å². The molecule has 0 saturated heterocycles. The molecule has 0 atom stereocenters. The van der Waals surface area contributed by atoms with Gasteiger partial charge in [0.1, 0.15) is 11.3 Å². The minimum atomic E-state index is -1.26. The number of carbonyl (C=O) groups is 1. The Morgan fingerprint density at radius 1 is 1.54 bits per heavy atom. The third-order valence-corrected chi connectivity index (χ3v) is 1.50. The molecule has 4 heteroatoms. The summed E-state index contributed by atoms with van der Waals surface area (Å²) in [5.74, 6) is -1.66.